The maximum absolute atomic E-state index is 18.0. The van der Waals surface area contributed by atoms with Crippen LogP contribution in [0.5, 0.6) is 5.75 Å². The number of piperidine rings is 1. The number of halogens is 7. The highest BCUT2D eigenvalue weighted by atomic mass is 32.3. The molecule has 3 amide bonds. The molecule has 0 radical (unpaired) electrons. The van der Waals surface area contributed by atoms with Crippen molar-refractivity contribution in [2.75, 3.05) is 60.1 Å². The molecular formula is C70H68F7N8O12S4+. The number of Topliss-reactive ketones (excluding diaryl/α,β-unsaturated/α-hetero) is 1. The van der Waals surface area contributed by atoms with Crippen molar-refractivity contribution in [3.05, 3.63) is 157 Å². The number of aromatic nitrogens is 2. The summed E-state index contributed by atoms with van der Waals surface area (Å²) in [6, 6.07) is 15.1. The summed E-state index contributed by atoms with van der Waals surface area (Å²) in [6.45, 7) is 6.19. The van der Waals surface area contributed by atoms with Gasteiger partial charge in [-0.05, 0) is 124 Å². The van der Waals surface area contributed by atoms with Crippen molar-refractivity contribution in [2.24, 2.45) is 0 Å². The van der Waals surface area contributed by atoms with Gasteiger partial charge in [0.05, 0.1) is 49.6 Å². The normalized spacial score (nSPS) is 19.0. The molecule has 1 fully saturated rings. The Morgan fingerprint density at radius 3 is 2.26 bits per heavy atom. The number of likely N-dealkylation sites (N-methyl/N-ethyl adjacent to an activating group) is 2. The lowest BCUT2D eigenvalue weighted by molar-refractivity contribution is -0.348. The van der Waals surface area contributed by atoms with Crippen LogP contribution in [0.4, 0.5) is 58.4 Å². The molecule has 2 bridgehead atoms. The van der Waals surface area contributed by atoms with E-state index in [1.807, 2.05) is 11.8 Å². The van der Waals surface area contributed by atoms with Gasteiger partial charge in [-0.15, -0.1) is 11.3 Å². The van der Waals surface area contributed by atoms with Gasteiger partial charge in [-0.25, -0.2) is 32.0 Å². The number of ether oxygens (including phenoxy) is 1. The Hall–Kier alpha value is -8.75. The molecule has 532 valence electrons. The largest absolute Gasteiger partial charge is 0.483 e. The number of aromatic amines is 1. The van der Waals surface area contributed by atoms with E-state index in [0.717, 1.165) is 37.7 Å². The van der Waals surface area contributed by atoms with Crippen LogP contribution in [0.15, 0.2) is 116 Å². The van der Waals surface area contributed by atoms with Crippen molar-refractivity contribution in [3.8, 4) is 28.1 Å². The van der Waals surface area contributed by atoms with Crippen LogP contribution >= 0.6 is 11.3 Å². The third kappa shape index (κ3) is 12.9. The van der Waals surface area contributed by atoms with Gasteiger partial charge < -0.3 is 30.1 Å². The molecule has 20 nitrogen and oxygen atoms in total. The highest BCUT2D eigenvalue weighted by molar-refractivity contribution is 7.91. The number of rotatable bonds is 18. The number of ketones is 1. The third-order valence-electron chi connectivity index (χ3n) is 20.1. The van der Waals surface area contributed by atoms with Crippen molar-refractivity contribution >= 4 is 105 Å². The minimum Gasteiger partial charge on any atom is -0.483 e. The number of sulfone groups is 1. The van der Waals surface area contributed by atoms with Crippen molar-refractivity contribution < 1.29 is 89.2 Å². The van der Waals surface area contributed by atoms with E-state index in [1.165, 1.54) is 30.4 Å². The van der Waals surface area contributed by atoms with Crippen molar-refractivity contribution in [2.45, 2.75) is 130 Å². The first kappa shape index (κ1) is 70.7. The fourth-order valence-electron chi connectivity index (χ4n) is 14.7. The molecule has 0 spiro atoms. The fourth-order valence-corrected chi connectivity index (χ4v) is 18.3. The smallest absolute Gasteiger partial charge is 0.416 e. The average Bonchev–Trinajstić information content (AvgIpc) is 1.70. The number of alkyl halides is 5. The minimum absolute atomic E-state index is 0.0268. The molecule has 7 heterocycles. The molecule has 31 heteroatoms. The second-order valence-corrected chi connectivity index (χ2v) is 33.3. The summed E-state index contributed by atoms with van der Waals surface area (Å²) >= 11 is 0.378. The van der Waals surface area contributed by atoms with Gasteiger partial charge in [0.25, 0.3) is 10.1 Å². The van der Waals surface area contributed by atoms with Crippen molar-refractivity contribution in [1.29, 1.82) is 0 Å². The molecular weight excluding hydrogens is 1410 g/mol. The Bertz CT molecular complexity index is 5160. The molecule has 5 N–H and O–H groups in total. The molecule has 2 unspecified atom stereocenters. The lowest BCUT2D eigenvalue weighted by Gasteiger charge is -2.52. The molecule has 2 aliphatic carbocycles. The predicted molar refractivity (Wildman–Crippen MR) is 365 cm³/mol. The Balaban J connectivity index is 0.684. The number of urea groups is 1. The Labute approximate surface area is 581 Å². The number of fused-ring (bicyclic) bond motifs is 11. The number of amides is 3. The van der Waals surface area contributed by atoms with Gasteiger partial charge in [0.2, 0.25) is 17.1 Å². The highest BCUT2D eigenvalue weighted by Crippen LogP contribution is 2.57. The highest BCUT2D eigenvalue weighted by Gasteiger charge is 2.53. The fraction of sp³-hybridized carbons (Fsp3) is 0.357. The number of H-pyrrole nitrogens is 1. The van der Waals surface area contributed by atoms with Crippen LogP contribution in [-0.4, -0.2) is 113 Å². The molecule has 13 rings (SSSR count). The molecule has 7 aromatic rings. The van der Waals surface area contributed by atoms with E-state index in [-0.39, 0.29) is 92.6 Å². The number of nitrogens with zero attached hydrogens (tertiary/aromatic N) is 5. The van der Waals surface area contributed by atoms with Gasteiger partial charge in [-0.3, -0.25) is 23.6 Å². The number of benzene rings is 4. The number of carbonyl (C=O) groups excluding carboxylic acids is 3. The Kier molecular flexibility index (Phi) is 17.7. The van der Waals surface area contributed by atoms with Crippen LogP contribution in [0.2, 0.25) is 0 Å². The average molecular weight is 1470 g/mol. The summed E-state index contributed by atoms with van der Waals surface area (Å²) in [7, 11) is -11.8. The number of carbonyl (C=O) groups is 3. The number of unbranched alkanes of at least 4 members (excludes halogenated alkanes) is 3. The van der Waals surface area contributed by atoms with E-state index in [0.29, 0.717) is 113 Å². The number of allylic oxidation sites excluding steroid dienone is 3. The lowest BCUT2D eigenvalue weighted by atomic mass is 9.78. The zero-order valence-electron chi connectivity index (χ0n) is 55.2. The standard InChI is InChI=1S/C70H67F7N8O12S4/c1-67(2)48-27-42(100(91,92)93)26-43(48)44-28-45-52(32-55(44)82(67)4)80-53-33-56-47(63-49(70(76,77)83(56)5)30-59(98-63)101(94,95)96)29-46(53)60(45)61-62(72)57(31-50(71)64(61)99(6,89)90)97-35-41(86)15-9-7-8-10-16-58(87)78-34-37-17-19-40(20-18-37)79-66(88)85-65-54(84-24-12-23-68(85,3)36-84)22-21-51(81-65)38-13-11-14-39(25-38)69(73,74)75/h11,13-14,17-22,25,27-28,30-33,47H,7-10,12,15-16,23-24,26,29,34-36H2,1-6H3,(H,78,87)(H,79,88)(H,91,92,93)(H,94,95,96)/p+1. The van der Waals surface area contributed by atoms with E-state index in [2.05, 4.69) is 20.5 Å². The molecule has 6 aliphatic rings. The van der Waals surface area contributed by atoms with E-state index in [9.17, 15) is 61.9 Å². The van der Waals surface area contributed by atoms with E-state index in [4.69, 9.17) is 9.72 Å². The Morgan fingerprint density at radius 1 is 0.842 bits per heavy atom. The Morgan fingerprint density at radius 2 is 1.56 bits per heavy atom. The maximum Gasteiger partial charge on any atom is 0.416 e. The topological polar surface area (TPSA) is 267 Å². The molecule has 4 aromatic carbocycles. The summed E-state index contributed by atoms with van der Waals surface area (Å²) in [5, 5.41) is 5.86. The van der Waals surface area contributed by atoms with Crippen LogP contribution in [0, 0.1) is 11.6 Å². The molecule has 2 atom stereocenters. The predicted octanol–water partition coefficient (Wildman–Crippen LogP) is 13.2. The number of hydrogen-bond acceptors (Lipinski definition) is 15. The van der Waals surface area contributed by atoms with Crippen LogP contribution in [0.1, 0.15) is 123 Å². The van der Waals surface area contributed by atoms with Gasteiger partial charge in [0.15, 0.2) is 33.0 Å². The summed E-state index contributed by atoms with van der Waals surface area (Å²) in [4.78, 5) is 53.2. The van der Waals surface area contributed by atoms with E-state index in [1.54, 1.807) is 68.3 Å². The first-order valence-electron chi connectivity index (χ1n) is 32.3. The molecule has 4 aliphatic heterocycles. The summed E-state index contributed by atoms with van der Waals surface area (Å²) < 4.78 is 212. The second-order valence-electron chi connectivity index (χ2n) is 27.1. The van der Waals surface area contributed by atoms with E-state index >= 15 is 17.6 Å². The number of nitrogens with one attached hydrogen (secondary N) is 3. The van der Waals surface area contributed by atoms with Crippen LogP contribution in [-0.2, 0) is 64.9 Å². The molecule has 3 aromatic heterocycles. The summed E-state index contributed by atoms with van der Waals surface area (Å²) in [5.74, 6) is -5.40. The summed E-state index contributed by atoms with van der Waals surface area (Å²) in [5.41, 5.74) is -0.0250. The van der Waals surface area contributed by atoms with Crippen molar-refractivity contribution in [3.63, 3.8) is 0 Å². The minimum atomic E-state index is -5.03. The number of hydrogen-bond donors (Lipinski definition) is 4. The van der Waals surface area contributed by atoms with Gasteiger partial charge in [0.1, 0.15) is 21.5 Å². The lowest BCUT2D eigenvalue weighted by Crippen LogP contribution is -2.63. The first-order valence-corrected chi connectivity index (χ1v) is 37.9. The van der Waals surface area contributed by atoms with Crippen LogP contribution in [0.25, 0.3) is 44.9 Å². The van der Waals surface area contributed by atoms with Crippen LogP contribution < -0.4 is 35.1 Å². The van der Waals surface area contributed by atoms with Gasteiger partial charge in [0, 0.05) is 127 Å². The molecule has 0 saturated carbocycles. The zero-order valence-corrected chi connectivity index (χ0v) is 58.5. The number of pyridine rings is 2. The number of thiophene rings is 1. The number of anilines is 4. The zero-order chi connectivity index (χ0) is 72.6. The van der Waals surface area contributed by atoms with Crippen LogP contribution in [0.3, 0.4) is 0 Å². The second kappa shape index (κ2) is 25.3. The van der Waals surface area contributed by atoms with Gasteiger partial charge in [-0.2, -0.15) is 38.8 Å². The molecule has 1 saturated heterocycles. The third-order valence-corrected chi connectivity index (χ3v) is 24.7. The van der Waals surface area contributed by atoms with Crippen molar-refractivity contribution in [1.82, 2.24) is 15.2 Å². The monoisotopic (exact) mass is 1470 g/mol. The summed E-state index contributed by atoms with van der Waals surface area (Å²) in [6.07, 6.45) is 1.36. The maximum atomic E-state index is 18.0. The SMILES string of the molecule is CN1c2cc3[nH+]c4c(c(-c5c(F)c(OCC(=O)CCCCCCC(=O)NCc6ccc(NC(=O)N7c8nc(-c9cccc(C(F)(F)F)c9)ccc8N8CCCC7(C)C8)cc6)cc(F)c5S(C)(=O)=O)c3cc2C2=C(C=C(S(=O)(=O)O)C2)C1(C)C)CC1C(=C4)N(C)C(F)(F)c2cc(S(=O)(=O)O)sc21. The van der Waals surface area contributed by atoms with Gasteiger partial charge >= 0.3 is 28.4 Å². The quantitative estimate of drug-likeness (QED) is 0.0269. The first-order chi connectivity index (χ1) is 47.3. The molecule has 101 heavy (non-hydrogen) atoms. The van der Waals surface area contributed by atoms with Gasteiger partial charge in [-0.1, -0.05) is 37.1 Å². The van der Waals surface area contributed by atoms with E-state index < -0.39 is 121 Å².